The molecule has 0 heterocycles. The number of methoxy groups -OCH3 is 1. The van der Waals surface area contributed by atoms with Gasteiger partial charge in [0.05, 0.1) is 13.0 Å². The Morgan fingerprint density at radius 2 is 2.00 bits per heavy atom. The zero-order valence-electron chi connectivity index (χ0n) is 13.2. The highest BCUT2D eigenvalue weighted by molar-refractivity contribution is 5.85. The first-order valence-corrected chi connectivity index (χ1v) is 6.84. The van der Waals surface area contributed by atoms with E-state index in [1.807, 2.05) is 0 Å². The Morgan fingerprint density at radius 3 is 2.45 bits per heavy atom. The summed E-state index contributed by atoms with van der Waals surface area (Å²) in [7, 11) is 1.39. The number of nitrogens with one attached hydrogen (secondary N) is 1. The average Bonchev–Trinajstić information content (AvgIpc) is 2.37. The van der Waals surface area contributed by atoms with Gasteiger partial charge in [-0.15, -0.1) is 0 Å². The minimum absolute atomic E-state index is 0.232. The molecule has 1 rings (SSSR count). The normalized spacial score (nSPS) is 12.9. The number of nitrogens with two attached hydrogens (primary N) is 1. The minimum Gasteiger partial charge on any atom is -0.496 e. The molecule has 0 fully saturated rings. The molecule has 5 nitrogen and oxygen atoms in total. The predicted octanol–water partition coefficient (Wildman–Crippen LogP) is 3.35. The molecule has 124 valence electrons. The van der Waals surface area contributed by atoms with Gasteiger partial charge in [0, 0.05) is 17.8 Å². The lowest BCUT2D eigenvalue weighted by Gasteiger charge is -2.21. The SMILES string of the molecule is COc1ccc(NC(=O)OC(C)(C)C)cc1C(CN)C(F)F. The molecule has 0 bridgehead atoms. The molecule has 1 aromatic rings. The van der Waals surface area contributed by atoms with E-state index in [4.69, 9.17) is 15.2 Å². The van der Waals surface area contributed by atoms with Crippen LogP contribution in [-0.4, -0.2) is 31.8 Å². The van der Waals surface area contributed by atoms with Gasteiger partial charge in [-0.2, -0.15) is 0 Å². The molecule has 0 aliphatic rings. The molecule has 1 aromatic carbocycles. The highest BCUT2D eigenvalue weighted by Crippen LogP contribution is 2.33. The summed E-state index contributed by atoms with van der Waals surface area (Å²) in [6.45, 7) is 4.96. The number of ether oxygens (including phenoxy) is 2. The molecular weight excluding hydrogens is 294 g/mol. The number of benzene rings is 1. The third-order valence-electron chi connectivity index (χ3n) is 2.83. The van der Waals surface area contributed by atoms with E-state index >= 15 is 0 Å². The first-order valence-electron chi connectivity index (χ1n) is 6.84. The monoisotopic (exact) mass is 316 g/mol. The number of alkyl halides is 2. The maximum absolute atomic E-state index is 13.1. The van der Waals surface area contributed by atoms with Crippen LogP contribution in [0.4, 0.5) is 19.3 Å². The fraction of sp³-hybridized carbons (Fsp3) is 0.533. The molecule has 22 heavy (non-hydrogen) atoms. The van der Waals surface area contributed by atoms with E-state index in [9.17, 15) is 13.6 Å². The summed E-state index contributed by atoms with van der Waals surface area (Å²) in [5.41, 5.74) is 5.35. The van der Waals surface area contributed by atoms with E-state index in [2.05, 4.69) is 5.32 Å². The molecule has 0 spiro atoms. The van der Waals surface area contributed by atoms with Crippen LogP contribution in [0.3, 0.4) is 0 Å². The van der Waals surface area contributed by atoms with Crippen molar-refractivity contribution in [3.05, 3.63) is 23.8 Å². The highest BCUT2D eigenvalue weighted by atomic mass is 19.3. The molecule has 3 N–H and O–H groups in total. The predicted molar refractivity (Wildman–Crippen MR) is 80.7 cm³/mol. The van der Waals surface area contributed by atoms with E-state index in [-0.39, 0.29) is 12.1 Å². The lowest BCUT2D eigenvalue weighted by molar-refractivity contribution is 0.0636. The van der Waals surface area contributed by atoms with Crippen molar-refractivity contribution in [3.63, 3.8) is 0 Å². The first kappa shape index (κ1) is 18.2. The van der Waals surface area contributed by atoms with Crippen LogP contribution in [0, 0.1) is 0 Å². The van der Waals surface area contributed by atoms with Crippen molar-refractivity contribution < 1.29 is 23.0 Å². The summed E-state index contributed by atoms with van der Waals surface area (Å²) >= 11 is 0. The first-order chi connectivity index (χ1) is 10.2. The van der Waals surface area contributed by atoms with Gasteiger partial charge in [-0.05, 0) is 39.0 Å². The second-order valence-electron chi connectivity index (χ2n) is 5.76. The highest BCUT2D eigenvalue weighted by Gasteiger charge is 2.25. The Kier molecular flexibility index (Phi) is 6.11. The number of hydrogen-bond acceptors (Lipinski definition) is 4. The van der Waals surface area contributed by atoms with E-state index in [0.717, 1.165) is 0 Å². The Bertz CT molecular complexity index is 516. The van der Waals surface area contributed by atoms with Crippen LogP contribution in [0.5, 0.6) is 5.75 Å². The van der Waals surface area contributed by atoms with Crippen molar-refractivity contribution in [1.82, 2.24) is 0 Å². The van der Waals surface area contributed by atoms with Gasteiger partial charge >= 0.3 is 6.09 Å². The van der Waals surface area contributed by atoms with E-state index in [1.54, 1.807) is 26.8 Å². The topological polar surface area (TPSA) is 73.6 Å². The molecule has 0 saturated heterocycles. The third kappa shape index (κ3) is 5.14. The van der Waals surface area contributed by atoms with Crippen molar-refractivity contribution in [2.45, 2.75) is 38.7 Å². The Hall–Kier alpha value is -1.89. The van der Waals surface area contributed by atoms with Crippen molar-refractivity contribution in [1.29, 1.82) is 0 Å². The van der Waals surface area contributed by atoms with Crippen molar-refractivity contribution in [2.75, 3.05) is 19.0 Å². The fourth-order valence-corrected chi connectivity index (χ4v) is 1.89. The molecule has 0 radical (unpaired) electrons. The van der Waals surface area contributed by atoms with Crippen LogP contribution in [0.15, 0.2) is 18.2 Å². The van der Waals surface area contributed by atoms with Gasteiger partial charge in [-0.25, -0.2) is 13.6 Å². The van der Waals surface area contributed by atoms with Gasteiger partial charge in [0.15, 0.2) is 0 Å². The number of amides is 1. The van der Waals surface area contributed by atoms with Gasteiger partial charge in [0.25, 0.3) is 0 Å². The zero-order chi connectivity index (χ0) is 16.9. The van der Waals surface area contributed by atoms with Crippen LogP contribution in [-0.2, 0) is 4.74 Å². The lowest BCUT2D eigenvalue weighted by atomic mass is 9.98. The summed E-state index contributed by atoms with van der Waals surface area (Å²) in [5.74, 6) is -0.874. The van der Waals surface area contributed by atoms with Gasteiger partial charge in [-0.1, -0.05) is 0 Å². The fourth-order valence-electron chi connectivity index (χ4n) is 1.89. The smallest absolute Gasteiger partial charge is 0.412 e. The Balaban J connectivity index is 3.02. The van der Waals surface area contributed by atoms with Crippen molar-refractivity contribution in [3.8, 4) is 5.75 Å². The standard InChI is InChI=1S/C15H22F2N2O3/c1-15(2,3)22-14(20)19-9-5-6-12(21-4)10(7-9)11(8-18)13(16)17/h5-7,11,13H,8,18H2,1-4H3,(H,19,20). The van der Waals surface area contributed by atoms with Crippen LogP contribution < -0.4 is 15.8 Å². The molecule has 7 heteroatoms. The largest absolute Gasteiger partial charge is 0.496 e. The average molecular weight is 316 g/mol. The summed E-state index contributed by atoms with van der Waals surface area (Å²) < 4.78 is 36.3. The summed E-state index contributed by atoms with van der Waals surface area (Å²) in [4.78, 5) is 11.7. The number of carbonyl (C=O) groups excluding carboxylic acids is 1. The summed E-state index contributed by atoms with van der Waals surface area (Å²) in [6, 6.07) is 4.48. The third-order valence-corrected chi connectivity index (χ3v) is 2.83. The number of halogens is 2. The molecule has 0 aliphatic carbocycles. The van der Waals surface area contributed by atoms with Gasteiger partial charge in [0.2, 0.25) is 6.43 Å². The molecule has 1 amide bonds. The van der Waals surface area contributed by atoms with Crippen LogP contribution >= 0.6 is 0 Å². The maximum Gasteiger partial charge on any atom is 0.412 e. The van der Waals surface area contributed by atoms with E-state index < -0.39 is 24.0 Å². The number of rotatable bonds is 5. The minimum atomic E-state index is -2.63. The van der Waals surface area contributed by atoms with Gasteiger partial charge < -0.3 is 15.2 Å². The number of anilines is 1. The zero-order valence-corrected chi connectivity index (χ0v) is 13.2. The van der Waals surface area contributed by atoms with Crippen LogP contribution in [0.1, 0.15) is 32.3 Å². The summed E-state index contributed by atoms with van der Waals surface area (Å²) in [5, 5.41) is 2.51. The quantitative estimate of drug-likeness (QED) is 0.873. The number of carbonyl (C=O) groups is 1. The van der Waals surface area contributed by atoms with Crippen molar-refractivity contribution in [2.24, 2.45) is 5.73 Å². The molecule has 0 aromatic heterocycles. The number of hydrogen-bond donors (Lipinski definition) is 2. The Morgan fingerprint density at radius 1 is 1.36 bits per heavy atom. The second-order valence-corrected chi connectivity index (χ2v) is 5.76. The van der Waals surface area contributed by atoms with Crippen LogP contribution in [0.2, 0.25) is 0 Å². The van der Waals surface area contributed by atoms with E-state index in [1.165, 1.54) is 19.2 Å². The van der Waals surface area contributed by atoms with Gasteiger partial charge in [-0.3, -0.25) is 5.32 Å². The molecule has 1 unspecified atom stereocenters. The lowest BCUT2D eigenvalue weighted by Crippen LogP contribution is -2.27. The second kappa shape index (κ2) is 7.40. The van der Waals surface area contributed by atoms with Crippen molar-refractivity contribution >= 4 is 11.8 Å². The van der Waals surface area contributed by atoms with Crippen LogP contribution in [0.25, 0.3) is 0 Å². The Labute approximate surface area is 128 Å². The maximum atomic E-state index is 13.1. The van der Waals surface area contributed by atoms with E-state index in [0.29, 0.717) is 11.4 Å². The molecule has 1 atom stereocenters. The molecule has 0 aliphatic heterocycles. The summed E-state index contributed by atoms with van der Waals surface area (Å²) in [6.07, 6.45) is -3.29. The van der Waals surface area contributed by atoms with Gasteiger partial charge in [0.1, 0.15) is 11.4 Å². The molecular formula is C15H22F2N2O3. The molecule has 0 saturated carbocycles.